The average Bonchev–Trinajstić information content (AvgIpc) is 2.58. The Labute approximate surface area is 136 Å². The van der Waals surface area contributed by atoms with E-state index in [-0.39, 0.29) is 46.1 Å². The van der Waals surface area contributed by atoms with Crippen molar-refractivity contribution in [3.63, 3.8) is 0 Å². The Kier molecular flexibility index (Phi) is 5.36. The van der Waals surface area contributed by atoms with Crippen LogP contribution in [-0.2, 0) is 14.9 Å². The molecule has 0 spiro atoms. The first kappa shape index (κ1) is 16.1. The maximum absolute atomic E-state index is 11.5. The molecule has 1 fully saturated rings. The van der Waals surface area contributed by atoms with Crippen molar-refractivity contribution in [2.24, 2.45) is 0 Å². The molecule has 1 aromatic carbocycles. The molecule has 0 N–H and O–H groups in total. The Bertz CT molecular complexity index is 568. The fourth-order valence-electron chi connectivity index (χ4n) is 1.37. The standard InChI is InChI=1S/C9H7NO4S3.Na/c11-8-5-16-9(15)10(8)6-1-3-7(4-2-6)17(12,13)14;/h1-4H,5H2,(H,12,13,14);/q;+1/p-1. The first-order valence-electron chi connectivity index (χ1n) is 4.45. The van der Waals surface area contributed by atoms with E-state index < -0.39 is 10.1 Å². The molecule has 0 aliphatic carbocycles. The van der Waals surface area contributed by atoms with Crippen LogP contribution in [0.15, 0.2) is 29.2 Å². The number of hydrogen-bond donors (Lipinski definition) is 0. The number of anilines is 1. The maximum atomic E-state index is 11.5. The summed E-state index contributed by atoms with van der Waals surface area (Å²) in [7, 11) is -4.46. The minimum absolute atomic E-state index is 0. The molecule has 0 radical (unpaired) electrons. The molecule has 1 aliphatic heterocycles. The molecule has 0 atom stereocenters. The van der Waals surface area contributed by atoms with Crippen LogP contribution in [0.1, 0.15) is 0 Å². The Hall–Kier alpha value is 0.0400. The molecule has 5 nitrogen and oxygen atoms in total. The van der Waals surface area contributed by atoms with E-state index in [9.17, 15) is 17.8 Å². The van der Waals surface area contributed by atoms with E-state index in [1.54, 1.807) is 0 Å². The molecule has 1 aromatic rings. The van der Waals surface area contributed by atoms with Gasteiger partial charge in [-0.3, -0.25) is 9.69 Å². The largest absolute Gasteiger partial charge is 1.00 e. The van der Waals surface area contributed by atoms with E-state index in [1.807, 2.05) is 0 Å². The first-order valence-corrected chi connectivity index (χ1v) is 7.25. The van der Waals surface area contributed by atoms with Gasteiger partial charge in [-0.2, -0.15) is 0 Å². The van der Waals surface area contributed by atoms with Crippen LogP contribution in [0.4, 0.5) is 5.69 Å². The fraction of sp³-hybridized carbons (Fsp3) is 0.111. The normalized spacial score (nSPS) is 15.7. The van der Waals surface area contributed by atoms with Gasteiger partial charge in [-0.05, 0) is 24.3 Å². The monoisotopic (exact) mass is 311 g/mol. The van der Waals surface area contributed by atoms with Crippen molar-refractivity contribution in [1.29, 1.82) is 0 Å². The van der Waals surface area contributed by atoms with Gasteiger partial charge in [0.2, 0.25) is 5.91 Å². The Morgan fingerprint density at radius 1 is 1.28 bits per heavy atom. The molecule has 18 heavy (non-hydrogen) atoms. The minimum atomic E-state index is -4.46. The molecule has 1 saturated heterocycles. The number of carbonyl (C=O) groups is 1. The molecule has 0 aromatic heterocycles. The van der Waals surface area contributed by atoms with Crippen LogP contribution in [0.2, 0.25) is 0 Å². The number of thioether (sulfide) groups is 1. The molecule has 1 heterocycles. The summed E-state index contributed by atoms with van der Waals surface area (Å²) in [5.41, 5.74) is 0.470. The predicted molar refractivity (Wildman–Crippen MR) is 66.9 cm³/mol. The third-order valence-electron chi connectivity index (χ3n) is 2.13. The van der Waals surface area contributed by atoms with Gasteiger partial charge in [-0.15, -0.1) is 0 Å². The van der Waals surface area contributed by atoms with Crippen molar-refractivity contribution in [2.75, 3.05) is 10.7 Å². The quantitative estimate of drug-likeness (QED) is 0.356. The number of carbonyl (C=O) groups excluding carboxylic acids is 1. The number of benzene rings is 1. The van der Waals surface area contributed by atoms with E-state index >= 15 is 0 Å². The zero-order valence-electron chi connectivity index (χ0n) is 9.32. The minimum Gasteiger partial charge on any atom is -0.744 e. The molecule has 1 aliphatic rings. The van der Waals surface area contributed by atoms with Crippen molar-refractivity contribution in [3.05, 3.63) is 24.3 Å². The summed E-state index contributed by atoms with van der Waals surface area (Å²) >= 11 is 6.24. The van der Waals surface area contributed by atoms with Gasteiger partial charge in [0.05, 0.1) is 16.3 Å². The van der Waals surface area contributed by atoms with E-state index in [2.05, 4.69) is 0 Å². The van der Waals surface area contributed by atoms with Gasteiger partial charge < -0.3 is 4.55 Å². The number of nitrogens with zero attached hydrogens (tertiary/aromatic N) is 1. The Morgan fingerprint density at radius 2 is 1.83 bits per heavy atom. The second kappa shape index (κ2) is 6.00. The van der Waals surface area contributed by atoms with Gasteiger partial charge in [0.25, 0.3) is 0 Å². The average molecular weight is 311 g/mol. The summed E-state index contributed by atoms with van der Waals surface area (Å²) in [6, 6.07) is 5.11. The zero-order chi connectivity index (χ0) is 12.6. The summed E-state index contributed by atoms with van der Waals surface area (Å²) in [5.74, 6) is 0.123. The van der Waals surface area contributed by atoms with Crippen LogP contribution in [0.3, 0.4) is 0 Å². The Balaban J connectivity index is 0.00000162. The molecule has 1 amide bonds. The number of hydrogen-bond acceptors (Lipinski definition) is 6. The fourth-order valence-corrected chi connectivity index (χ4v) is 2.93. The summed E-state index contributed by atoms with van der Waals surface area (Å²) < 4.78 is 32.6. The molecular formula is C9H6NNaO4S3. The molecule has 9 heteroatoms. The third kappa shape index (κ3) is 3.32. The van der Waals surface area contributed by atoms with Crippen molar-refractivity contribution in [1.82, 2.24) is 0 Å². The Morgan fingerprint density at radius 3 is 2.22 bits per heavy atom. The summed E-state index contributed by atoms with van der Waals surface area (Å²) in [4.78, 5) is 12.5. The molecular weight excluding hydrogens is 305 g/mol. The summed E-state index contributed by atoms with van der Waals surface area (Å²) in [6.07, 6.45) is 0. The van der Waals surface area contributed by atoms with Gasteiger partial charge in [-0.1, -0.05) is 24.0 Å². The summed E-state index contributed by atoms with van der Waals surface area (Å²) in [6.45, 7) is 0. The smallest absolute Gasteiger partial charge is 0.744 e. The van der Waals surface area contributed by atoms with Gasteiger partial charge in [0.1, 0.15) is 14.4 Å². The van der Waals surface area contributed by atoms with Crippen LogP contribution in [0.25, 0.3) is 0 Å². The van der Waals surface area contributed by atoms with Crippen LogP contribution in [0.5, 0.6) is 0 Å². The van der Waals surface area contributed by atoms with Crippen LogP contribution in [0, 0.1) is 0 Å². The van der Waals surface area contributed by atoms with Gasteiger partial charge in [0, 0.05) is 0 Å². The second-order valence-electron chi connectivity index (χ2n) is 3.23. The second-order valence-corrected chi connectivity index (χ2v) is 6.22. The van der Waals surface area contributed by atoms with Crippen molar-refractivity contribution < 1.29 is 47.3 Å². The van der Waals surface area contributed by atoms with Crippen molar-refractivity contribution >= 4 is 50.0 Å². The zero-order valence-corrected chi connectivity index (χ0v) is 13.8. The maximum Gasteiger partial charge on any atom is 1.00 e. The van der Waals surface area contributed by atoms with E-state index in [4.69, 9.17) is 12.2 Å². The number of thiocarbonyl (C=S) groups is 1. The molecule has 90 valence electrons. The molecule has 0 saturated carbocycles. The van der Waals surface area contributed by atoms with Gasteiger partial charge >= 0.3 is 29.6 Å². The van der Waals surface area contributed by atoms with E-state index in [0.717, 1.165) is 12.1 Å². The number of rotatable bonds is 2. The predicted octanol–water partition coefficient (Wildman–Crippen LogP) is -2.04. The van der Waals surface area contributed by atoms with Crippen LogP contribution >= 0.6 is 24.0 Å². The first-order chi connectivity index (χ1) is 7.89. The third-order valence-corrected chi connectivity index (χ3v) is 4.34. The van der Waals surface area contributed by atoms with Crippen LogP contribution < -0.4 is 34.5 Å². The van der Waals surface area contributed by atoms with Crippen LogP contribution in [-0.4, -0.2) is 29.0 Å². The number of amides is 1. The van der Waals surface area contributed by atoms with Gasteiger partial charge in [-0.25, -0.2) is 8.42 Å². The summed E-state index contributed by atoms with van der Waals surface area (Å²) in [5, 5.41) is 0. The molecule has 0 unspecified atom stereocenters. The van der Waals surface area contributed by atoms with Crippen molar-refractivity contribution in [3.8, 4) is 0 Å². The SMILES string of the molecule is O=C1CSC(=S)N1c1ccc(S(=O)(=O)[O-])cc1.[Na+]. The van der Waals surface area contributed by atoms with E-state index in [0.29, 0.717) is 10.0 Å². The molecule has 2 rings (SSSR count). The van der Waals surface area contributed by atoms with Crippen molar-refractivity contribution in [2.45, 2.75) is 4.90 Å². The van der Waals surface area contributed by atoms with E-state index in [1.165, 1.54) is 28.8 Å². The van der Waals surface area contributed by atoms with Gasteiger partial charge in [0.15, 0.2) is 0 Å². The molecule has 0 bridgehead atoms. The topological polar surface area (TPSA) is 77.5 Å².